The van der Waals surface area contributed by atoms with Crippen molar-refractivity contribution in [2.24, 2.45) is 5.41 Å². The molecule has 0 N–H and O–H groups in total. The minimum Gasteiger partial charge on any atom is -0.0798 e. The Balaban J connectivity index is 3.12. The van der Waals surface area contributed by atoms with E-state index >= 15 is 0 Å². The monoisotopic (exact) mass is 280 g/mol. The van der Waals surface area contributed by atoms with E-state index in [1.54, 1.807) is 0 Å². The summed E-state index contributed by atoms with van der Waals surface area (Å²) in [7, 11) is 0. The quantitative estimate of drug-likeness (QED) is 0.624. The average molecular weight is 281 g/mol. The first-order chi connectivity index (χ1) is 7.30. The summed E-state index contributed by atoms with van der Waals surface area (Å²) < 4.78 is 1.14. The standard InChI is InChI=1S/C15H21Br/c1-11(2)10-14(15(3,4)5)12-6-8-13(16)9-7-12/h6-10,14H,1-5H3/t14-/m1/s1. The molecule has 1 aromatic carbocycles. The lowest BCUT2D eigenvalue weighted by atomic mass is 9.76. The molecule has 0 heterocycles. The van der Waals surface area contributed by atoms with Gasteiger partial charge >= 0.3 is 0 Å². The summed E-state index contributed by atoms with van der Waals surface area (Å²) in [5, 5.41) is 0. The van der Waals surface area contributed by atoms with Crippen molar-refractivity contribution in [3.05, 3.63) is 46.0 Å². The molecule has 0 aromatic heterocycles. The van der Waals surface area contributed by atoms with Crippen molar-refractivity contribution < 1.29 is 0 Å². The third-order valence-electron chi connectivity index (χ3n) is 2.66. The third-order valence-corrected chi connectivity index (χ3v) is 3.19. The van der Waals surface area contributed by atoms with E-state index in [1.807, 2.05) is 0 Å². The van der Waals surface area contributed by atoms with Crippen LogP contribution in [0.1, 0.15) is 46.1 Å². The molecule has 0 aliphatic carbocycles. The largest absolute Gasteiger partial charge is 0.0798 e. The number of hydrogen-bond acceptors (Lipinski definition) is 0. The van der Waals surface area contributed by atoms with Crippen LogP contribution in [0.15, 0.2) is 40.4 Å². The Morgan fingerprint density at radius 1 is 1.12 bits per heavy atom. The Morgan fingerprint density at radius 3 is 2.00 bits per heavy atom. The van der Waals surface area contributed by atoms with Crippen LogP contribution in [0.3, 0.4) is 0 Å². The fourth-order valence-corrected chi connectivity index (χ4v) is 2.11. The van der Waals surface area contributed by atoms with Gasteiger partial charge in [-0.2, -0.15) is 0 Å². The molecule has 0 nitrogen and oxygen atoms in total. The van der Waals surface area contributed by atoms with E-state index in [4.69, 9.17) is 0 Å². The Hall–Kier alpha value is -0.560. The maximum Gasteiger partial charge on any atom is 0.0175 e. The van der Waals surface area contributed by atoms with Crippen molar-refractivity contribution >= 4 is 15.9 Å². The first kappa shape index (κ1) is 13.5. The highest BCUT2D eigenvalue weighted by atomic mass is 79.9. The van der Waals surface area contributed by atoms with Gasteiger partial charge < -0.3 is 0 Å². The predicted octanol–water partition coefficient (Wildman–Crippen LogP) is 5.55. The average Bonchev–Trinajstić information content (AvgIpc) is 2.14. The molecular weight excluding hydrogens is 260 g/mol. The van der Waals surface area contributed by atoms with Crippen molar-refractivity contribution in [2.75, 3.05) is 0 Å². The van der Waals surface area contributed by atoms with Gasteiger partial charge in [-0.25, -0.2) is 0 Å². The van der Waals surface area contributed by atoms with Crippen molar-refractivity contribution in [1.82, 2.24) is 0 Å². The maximum absolute atomic E-state index is 3.48. The normalized spacial score (nSPS) is 13.4. The first-order valence-corrected chi connectivity index (χ1v) is 6.50. The molecule has 0 spiro atoms. The summed E-state index contributed by atoms with van der Waals surface area (Å²) in [4.78, 5) is 0. The fraction of sp³-hybridized carbons (Fsp3) is 0.467. The van der Waals surface area contributed by atoms with Crippen LogP contribution in [0.5, 0.6) is 0 Å². The van der Waals surface area contributed by atoms with Gasteiger partial charge in [-0.1, -0.05) is 60.5 Å². The summed E-state index contributed by atoms with van der Waals surface area (Å²) >= 11 is 3.48. The van der Waals surface area contributed by atoms with E-state index < -0.39 is 0 Å². The molecule has 0 aliphatic rings. The van der Waals surface area contributed by atoms with E-state index in [0.717, 1.165) is 4.47 Å². The van der Waals surface area contributed by atoms with Gasteiger partial charge in [-0.15, -0.1) is 0 Å². The Morgan fingerprint density at radius 2 is 1.62 bits per heavy atom. The minimum absolute atomic E-state index is 0.255. The molecule has 1 aromatic rings. The van der Waals surface area contributed by atoms with E-state index in [0.29, 0.717) is 5.92 Å². The molecule has 0 bridgehead atoms. The zero-order chi connectivity index (χ0) is 12.3. The molecule has 0 fully saturated rings. The van der Waals surface area contributed by atoms with Crippen LogP contribution in [0.25, 0.3) is 0 Å². The molecule has 1 atom stereocenters. The van der Waals surface area contributed by atoms with Crippen LogP contribution in [0.4, 0.5) is 0 Å². The second-order valence-electron chi connectivity index (χ2n) is 5.64. The van der Waals surface area contributed by atoms with Crippen molar-refractivity contribution in [1.29, 1.82) is 0 Å². The van der Waals surface area contributed by atoms with E-state index in [2.05, 4.69) is 80.9 Å². The fourth-order valence-electron chi connectivity index (χ4n) is 1.85. The molecule has 0 aliphatic heterocycles. The smallest absolute Gasteiger partial charge is 0.0175 e. The molecule has 16 heavy (non-hydrogen) atoms. The zero-order valence-corrected chi connectivity index (χ0v) is 12.4. The van der Waals surface area contributed by atoms with Crippen LogP contribution in [0, 0.1) is 5.41 Å². The number of benzene rings is 1. The lowest BCUT2D eigenvalue weighted by Gasteiger charge is -2.29. The molecule has 0 saturated carbocycles. The zero-order valence-electron chi connectivity index (χ0n) is 10.8. The summed E-state index contributed by atoms with van der Waals surface area (Å²) in [6.45, 7) is 11.2. The first-order valence-electron chi connectivity index (χ1n) is 5.71. The van der Waals surface area contributed by atoms with Crippen molar-refractivity contribution in [2.45, 2.75) is 40.5 Å². The van der Waals surface area contributed by atoms with Crippen LogP contribution in [-0.2, 0) is 0 Å². The lowest BCUT2D eigenvalue weighted by Crippen LogP contribution is -2.16. The molecule has 1 rings (SSSR count). The van der Waals surface area contributed by atoms with Crippen LogP contribution in [-0.4, -0.2) is 0 Å². The minimum atomic E-state index is 0.255. The third kappa shape index (κ3) is 3.79. The van der Waals surface area contributed by atoms with Gasteiger partial charge in [0, 0.05) is 10.4 Å². The maximum atomic E-state index is 3.48. The van der Waals surface area contributed by atoms with Crippen LogP contribution < -0.4 is 0 Å². The van der Waals surface area contributed by atoms with Crippen LogP contribution in [0.2, 0.25) is 0 Å². The van der Waals surface area contributed by atoms with Crippen LogP contribution >= 0.6 is 15.9 Å². The van der Waals surface area contributed by atoms with Gasteiger partial charge in [0.25, 0.3) is 0 Å². The summed E-state index contributed by atoms with van der Waals surface area (Å²) in [6.07, 6.45) is 2.36. The van der Waals surface area contributed by atoms with Gasteiger partial charge in [0.2, 0.25) is 0 Å². The second kappa shape index (κ2) is 5.18. The van der Waals surface area contributed by atoms with E-state index in [1.165, 1.54) is 11.1 Å². The summed E-state index contributed by atoms with van der Waals surface area (Å²) in [5.74, 6) is 0.477. The topological polar surface area (TPSA) is 0 Å². The Labute approximate surface area is 108 Å². The van der Waals surface area contributed by atoms with Gasteiger partial charge in [0.05, 0.1) is 0 Å². The SMILES string of the molecule is CC(C)=C[C@H](c1ccc(Br)cc1)C(C)(C)C. The summed E-state index contributed by atoms with van der Waals surface area (Å²) in [6, 6.07) is 8.65. The van der Waals surface area contributed by atoms with E-state index in [-0.39, 0.29) is 5.41 Å². The molecule has 0 saturated heterocycles. The molecule has 0 radical (unpaired) electrons. The number of allylic oxidation sites excluding steroid dienone is 2. The van der Waals surface area contributed by atoms with Gasteiger partial charge in [0.1, 0.15) is 0 Å². The highest BCUT2D eigenvalue weighted by Gasteiger charge is 2.23. The van der Waals surface area contributed by atoms with Gasteiger partial charge in [-0.05, 0) is 37.0 Å². The Kier molecular flexibility index (Phi) is 4.37. The van der Waals surface area contributed by atoms with Crippen molar-refractivity contribution in [3.8, 4) is 0 Å². The molecule has 1 heteroatoms. The molecule has 88 valence electrons. The highest BCUT2D eigenvalue weighted by Crippen LogP contribution is 2.37. The molecular formula is C15H21Br. The second-order valence-corrected chi connectivity index (χ2v) is 6.55. The van der Waals surface area contributed by atoms with E-state index in [9.17, 15) is 0 Å². The van der Waals surface area contributed by atoms with Gasteiger partial charge in [0.15, 0.2) is 0 Å². The highest BCUT2D eigenvalue weighted by molar-refractivity contribution is 9.10. The molecule has 0 amide bonds. The Bertz CT molecular complexity index is 361. The number of rotatable bonds is 2. The lowest BCUT2D eigenvalue weighted by molar-refractivity contribution is 0.365. The molecule has 0 unspecified atom stereocenters. The number of hydrogen-bond donors (Lipinski definition) is 0. The summed E-state index contributed by atoms with van der Waals surface area (Å²) in [5.41, 5.74) is 3.02. The van der Waals surface area contributed by atoms with Gasteiger partial charge in [-0.3, -0.25) is 0 Å². The number of halogens is 1. The predicted molar refractivity (Wildman–Crippen MR) is 75.8 cm³/mol. The van der Waals surface area contributed by atoms with Crippen molar-refractivity contribution in [3.63, 3.8) is 0 Å².